The molecule has 3 nitrogen and oxygen atoms in total. The fourth-order valence-corrected chi connectivity index (χ4v) is 1.59. The van der Waals surface area contributed by atoms with Crippen LogP contribution in [0.5, 0.6) is 0 Å². The summed E-state index contributed by atoms with van der Waals surface area (Å²) in [5, 5.41) is 3.47. The zero-order valence-electron chi connectivity index (χ0n) is 10.1. The Morgan fingerprint density at radius 3 is 2.87 bits per heavy atom. The Hall–Kier alpha value is -0.480. The van der Waals surface area contributed by atoms with Crippen molar-refractivity contribution in [2.75, 3.05) is 12.8 Å². The van der Waals surface area contributed by atoms with Crippen molar-refractivity contribution in [3.05, 3.63) is 18.2 Å². The van der Waals surface area contributed by atoms with Crippen molar-refractivity contribution in [3.63, 3.8) is 0 Å². The number of rotatable bonds is 6. The van der Waals surface area contributed by atoms with E-state index in [0.29, 0.717) is 4.75 Å². The number of aromatic nitrogens is 2. The van der Waals surface area contributed by atoms with Gasteiger partial charge in [0.15, 0.2) is 0 Å². The van der Waals surface area contributed by atoms with E-state index in [0.717, 1.165) is 19.6 Å². The molecular weight excluding hydrogens is 206 g/mol. The Labute approximate surface area is 96.7 Å². The number of thioether (sulfide) groups is 1. The van der Waals surface area contributed by atoms with E-state index in [1.807, 2.05) is 24.3 Å². The number of hydrogen-bond acceptors (Lipinski definition) is 3. The lowest BCUT2D eigenvalue weighted by Gasteiger charge is -2.22. The van der Waals surface area contributed by atoms with Crippen LogP contribution in [-0.4, -0.2) is 27.1 Å². The average molecular weight is 227 g/mol. The highest BCUT2D eigenvalue weighted by atomic mass is 32.2. The van der Waals surface area contributed by atoms with Gasteiger partial charge in [0, 0.05) is 30.6 Å². The van der Waals surface area contributed by atoms with Gasteiger partial charge < -0.3 is 9.88 Å². The number of nitrogens with one attached hydrogen (secondary N) is 1. The fraction of sp³-hybridized carbons (Fsp3) is 0.727. The quantitative estimate of drug-likeness (QED) is 0.807. The summed E-state index contributed by atoms with van der Waals surface area (Å²) in [5.74, 6) is 0. The minimum atomic E-state index is 0.303. The second-order valence-electron chi connectivity index (χ2n) is 4.24. The summed E-state index contributed by atoms with van der Waals surface area (Å²) < 4.78 is 2.47. The molecule has 0 saturated carbocycles. The van der Waals surface area contributed by atoms with Crippen LogP contribution in [0.2, 0.25) is 0 Å². The molecule has 0 aliphatic carbocycles. The van der Waals surface area contributed by atoms with Crippen molar-refractivity contribution >= 4 is 11.8 Å². The number of nitrogens with zero attached hydrogens (tertiary/aromatic N) is 2. The van der Waals surface area contributed by atoms with Gasteiger partial charge in [-0.2, -0.15) is 11.8 Å². The van der Waals surface area contributed by atoms with Gasteiger partial charge in [0.2, 0.25) is 0 Å². The summed E-state index contributed by atoms with van der Waals surface area (Å²) in [7, 11) is 0. The average Bonchev–Trinajstić information content (AvgIpc) is 2.65. The van der Waals surface area contributed by atoms with Gasteiger partial charge in [0.1, 0.15) is 0 Å². The molecule has 0 fully saturated rings. The van der Waals surface area contributed by atoms with Gasteiger partial charge in [-0.05, 0) is 27.0 Å². The third-order valence-corrected chi connectivity index (χ3v) is 3.80. The number of imidazole rings is 1. The molecule has 0 saturated heterocycles. The van der Waals surface area contributed by atoms with Crippen LogP contribution in [0.1, 0.15) is 26.5 Å². The van der Waals surface area contributed by atoms with E-state index < -0.39 is 0 Å². The van der Waals surface area contributed by atoms with Crippen LogP contribution in [0, 0.1) is 0 Å². The van der Waals surface area contributed by atoms with Gasteiger partial charge >= 0.3 is 0 Å². The van der Waals surface area contributed by atoms with E-state index in [9.17, 15) is 0 Å². The van der Waals surface area contributed by atoms with Crippen LogP contribution >= 0.6 is 11.8 Å². The Kier molecular flexibility index (Phi) is 4.67. The second-order valence-corrected chi connectivity index (χ2v) is 5.75. The van der Waals surface area contributed by atoms with Crippen molar-refractivity contribution in [1.82, 2.24) is 14.9 Å². The Balaban J connectivity index is 2.38. The van der Waals surface area contributed by atoms with Gasteiger partial charge in [-0.25, -0.2) is 4.98 Å². The summed E-state index contributed by atoms with van der Waals surface area (Å²) in [6.07, 6.45) is 5.97. The predicted molar refractivity (Wildman–Crippen MR) is 67.2 cm³/mol. The van der Waals surface area contributed by atoms with Crippen LogP contribution in [0.15, 0.2) is 12.5 Å². The number of hydrogen-bond donors (Lipinski definition) is 1. The SMILES string of the molecule is CCn1cncc1CNCC(C)(C)SC. The summed E-state index contributed by atoms with van der Waals surface area (Å²) in [4.78, 5) is 4.15. The van der Waals surface area contributed by atoms with E-state index in [-0.39, 0.29) is 0 Å². The summed E-state index contributed by atoms with van der Waals surface area (Å²) >= 11 is 1.89. The molecule has 0 unspecified atom stereocenters. The van der Waals surface area contributed by atoms with Crippen molar-refractivity contribution in [2.45, 2.75) is 38.6 Å². The summed E-state index contributed by atoms with van der Waals surface area (Å²) in [6.45, 7) is 9.55. The Bertz CT molecular complexity index is 294. The van der Waals surface area contributed by atoms with Gasteiger partial charge in [0.25, 0.3) is 0 Å². The molecule has 0 aliphatic heterocycles. The smallest absolute Gasteiger partial charge is 0.0948 e. The first-order chi connectivity index (χ1) is 7.09. The predicted octanol–water partition coefficient (Wildman–Crippen LogP) is 2.13. The van der Waals surface area contributed by atoms with Crippen molar-refractivity contribution in [2.24, 2.45) is 0 Å². The molecule has 0 aromatic carbocycles. The van der Waals surface area contributed by atoms with Crippen LogP contribution in [0.4, 0.5) is 0 Å². The topological polar surface area (TPSA) is 29.9 Å². The van der Waals surface area contributed by atoms with Crippen LogP contribution in [0.25, 0.3) is 0 Å². The molecule has 0 radical (unpaired) electrons. The van der Waals surface area contributed by atoms with Gasteiger partial charge in [-0.15, -0.1) is 0 Å². The summed E-state index contributed by atoms with van der Waals surface area (Å²) in [6, 6.07) is 0. The molecule has 1 aromatic rings. The van der Waals surface area contributed by atoms with Gasteiger partial charge in [-0.3, -0.25) is 0 Å². The molecule has 0 aliphatic rings. The Morgan fingerprint density at radius 1 is 1.53 bits per heavy atom. The zero-order chi connectivity index (χ0) is 11.3. The minimum absolute atomic E-state index is 0.303. The highest BCUT2D eigenvalue weighted by Crippen LogP contribution is 2.19. The molecule has 0 atom stereocenters. The molecule has 1 heterocycles. The van der Waals surface area contributed by atoms with E-state index in [4.69, 9.17) is 0 Å². The van der Waals surface area contributed by atoms with E-state index in [1.54, 1.807) is 0 Å². The molecule has 1 aromatic heterocycles. The van der Waals surface area contributed by atoms with Gasteiger partial charge in [0.05, 0.1) is 12.0 Å². The first-order valence-electron chi connectivity index (χ1n) is 5.34. The molecule has 0 spiro atoms. The number of aryl methyl sites for hydroxylation is 1. The zero-order valence-corrected chi connectivity index (χ0v) is 10.9. The third kappa shape index (κ3) is 3.87. The highest BCUT2D eigenvalue weighted by molar-refractivity contribution is 7.99. The Morgan fingerprint density at radius 2 is 2.27 bits per heavy atom. The second kappa shape index (κ2) is 5.56. The first kappa shape index (κ1) is 12.6. The van der Waals surface area contributed by atoms with E-state index in [2.05, 4.69) is 41.9 Å². The van der Waals surface area contributed by atoms with Gasteiger partial charge in [-0.1, -0.05) is 0 Å². The van der Waals surface area contributed by atoms with E-state index in [1.165, 1.54) is 5.69 Å². The molecule has 4 heteroatoms. The molecule has 0 amide bonds. The van der Waals surface area contributed by atoms with Crippen molar-refractivity contribution in [3.8, 4) is 0 Å². The van der Waals surface area contributed by atoms with Crippen molar-refractivity contribution in [1.29, 1.82) is 0 Å². The maximum atomic E-state index is 4.15. The largest absolute Gasteiger partial charge is 0.334 e. The van der Waals surface area contributed by atoms with Crippen LogP contribution in [-0.2, 0) is 13.1 Å². The highest BCUT2D eigenvalue weighted by Gasteiger charge is 2.14. The summed E-state index contributed by atoms with van der Waals surface area (Å²) in [5.41, 5.74) is 1.26. The van der Waals surface area contributed by atoms with Crippen molar-refractivity contribution < 1.29 is 0 Å². The lowest BCUT2D eigenvalue weighted by atomic mass is 10.2. The van der Waals surface area contributed by atoms with E-state index >= 15 is 0 Å². The first-order valence-corrected chi connectivity index (χ1v) is 6.56. The molecule has 1 rings (SSSR count). The lowest BCUT2D eigenvalue weighted by Crippen LogP contribution is -2.32. The minimum Gasteiger partial charge on any atom is -0.334 e. The van der Waals surface area contributed by atoms with Crippen LogP contribution in [0.3, 0.4) is 0 Å². The molecular formula is C11H21N3S. The molecule has 1 N–H and O–H groups in total. The molecule has 86 valence electrons. The standard InChI is InChI=1S/C11H21N3S/c1-5-14-9-13-7-10(14)6-12-8-11(2,3)15-4/h7,9,12H,5-6,8H2,1-4H3. The molecule has 15 heavy (non-hydrogen) atoms. The third-order valence-electron chi connectivity index (χ3n) is 2.55. The normalized spacial score (nSPS) is 12.0. The van der Waals surface area contributed by atoms with Crippen LogP contribution < -0.4 is 5.32 Å². The fourth-order valence-electron chi connectivity index (χ4n) is 1.34. The monoisotopic (exact) mass is 227 g/mol. The maximum Gasteiger partial charge on any atom is 0.0948 e. The lowest BCUT2D eigenvalue weighted by molar-refractivity contribution is 0.568. The maximum absolute atomic E-state index is 4.15. The molecule has 0 bridgehead atoms.